The molecule has 0 saturated heterocycles. The fourth-order valence-electron chi connectivity index (χ4n) is 2.89. The van der Waals surface area contributed by atoms with Gasteiger partial charge in [-0.15, -0.1) is 0 Å². The lowest BCUT2D eigenvalue weighted by atomic mass is 10.0. The second-order valence-corrected chi connectivity index (χ2v) is 6.74. The summed E-state index contributed by atoms with van der Waals surface area (Å²) >= 11 is 0. The summed E-state index contributed by atoms with van der Waals surface area (Å²) in [7, 11) is 0. The maximum absolute atomic E-state index is 12.5. The summed E-state index contributed by atoms with van der Waals surface area (Å²) in [6, 6.07) is 14.0. The maximum atomic E-state index is 12.5. The van der Waals surface area contributed by atoms with Gasteiger partial charge in [0.25, 0.3) is 17.7 Å². The SMILES string of the molecule is CC(C)C(NC(=O)c1ccccc1)C(=O)OCN1C(=O)c2ccccc2C1=O. The lowest BCUT2D eigenvalue weighted by molar-refractivity contribution is -0.149. The first-order valence-electron chi connectivity index (χ1n) is 8.88. The predicted molar refractivity (Wildman–Crippen MR) is 100 cm³/mol. The molecule has 1 N–H and O–H groups in total. The van der Waals surface area contributed by atoms with Crippen LogP contribution in [0.3, 0.4) is 0 Å². The Morgan fingerprint density at radius 2 is 1.46 bits per heavy atom. The zero-order chi connectivity index (χ0) is 20.3. The number of esters is 1. The van der Waals surface area contributed by atoms with Gasteiger partial charge in [-0.25, -0.2) is 9.69 Å². The molecule has 0 aliphatic carbocycles. The van der Waals surface area contributed by atoms with E-state index in [0.717, 1.165) is 4.90 Å². The topological polar surface area (TPSA) is 92.8 Å². The molecule has 0 saturated carbocycles. The van der Waals surface area contributed by atoms with Crippen molar-refractivity contribution in [1.29, 1.82) is 0 Å². The molecule has 2 aromatic rings. The van der Waals surface area contributed by atoms with Crippen LogP contribution in [-0.4, -0.2) is 41.4 Å². The first-order valence-corrected chi connectivity index (χ1v) is 8.88. The first-order chi connectivity index (χ1) is 13.4. The van der Waals surface area contributed by atoms with E-state index in [2.05, 4.69) is 5.32 Å². The number of hydrogen-bond acceptors (Lipinski definition) is 5. The number of carbonyl (C=O) groups is 4. The van der Waals surface area contributed by atoms with Gasteiger partial charge < -0.3 is 10.1 Å². The van der Waals surface area contributed by atoms with Crippen molar-refractivity contribution in [2.45, 2.75) is 19.9 Å². The van der Waals surface area contributed by atoms with Crippen LogP contribution in [-0.2, 0) is 9.53 Å². The molecular weight excluding hydrogens is 360 g/mol. The van der Waals surface area contributed by atoms with Crippen molar-refractivity contribution in [2.24, 2.45) is 5.92 Å². The van der Waals surface area contributed by atoms with E-state index in [9.17, 15) is 19.2 Å². The molecule has 3 amide bonds. The van der Waals surface area contributed by atoms with Gasteiger partial charge in [0, 0.05) is 5.56 Å². The van der Waals surface area contributed by atoms with E-state index in [-0.39, 0.29) is 17.0 Å². The predicted octanol–water partition coefficient (Wildman–Crippen LogP) is 2.24. The van der Waals surface area contributed by atoms with Crippen LogP contribution < -0.4 is 5.32 Å². The average Bonchev–Trinajstić information content (AvgIpc) is 2.95. The molecule has 1 heterocycles. The molecule has 0 bridgehead atoms. The molecule has 0 radical (unpaired) electrons. The Hall–Kier alpha value is -3.48. The normalized spacial score (nSPS) is 14.0. The Balaban J connectivity index is 1.65. The van der Waals surface area contributed by atoms with Crippen LogP contribution in [0.4, 0.5) is 0 Å². The molecular formula is C21H20N2O5. The fourth-order valence-corrected chi connectivity index (χ4v) is 2.89. The molecule has 2 aromatic carbocycles. The molecule has 1 aliphatic heterocycles. The van der Waals surface area contributed by atoms with Gasteiger partial charge in [0.2, 0.25) is 0 Å². The Bertz CT molecular complexity index is 888. The third-order valence-corrected chi connectivity index (χ3v) is 4.46. The molecule has 7 heteroatoms. The van der Waals surface area contributed by atoms with E-state index >= 15 is 0 Å². The molecule has 0 fully saturated rings. The molecule has 1 atom stereocenters. The Morgan fingerprint density at radius 1 is 0.929 bits per heavy atom. The van der Waals surface area contributed by atoms with Crippen LogP contribution in [0, 0.1) is 5.92 Å². The molecule has 7 nitrogen and oxygen atoms in total. The number of rotatable bonds is 6. The number of imide groups is 1. The van der Waals surface area contributed by atoms with E-state index in [1.807, 2.05) is 0 Å². The van der Waals surface area contributed by atoms with Gasteiger partial charge in [0.05, 0.1) is 11.1 Å². The van der Waals surface area contributed by atoms with Crippen LogP contribution in [0.5, 0.6) is 0 Å². The van der Waals surface area contributed by atoms with Crippen molar-refractivity contribution < 1.29 is 23.9 Å². The smallest absolute Gasteiger partial charge is 0.330 e. The second kappa shape index (κ2) is 8.04. The van der Waals surface area contributed by atoms with Crippen LogP contribution in [0.15, 0.2) is 54.6 Å². The summed E-state index contributed by atoms with van der Waals surface area (Å²) in [5.74, 6) is -2.39. The van der Waals surface area contributed by atoms with Crippen LogP contribution in [0.2, 0.25) is 0 Å². The van der Waals surface area contributed by atoms with Gasteiger partial charge in [-0.2, -0.15) is 0 Å². The number of fused-ring (bicyclic) bond motifs is 1. The van der Waals surface area contributed by atoms with Crippen molar-refractivity contribution >= 4 is 23.7 Å². The highest BCUT2D eigenvalue weighted by Crippen LogP contribution is 2.22. The monoisotopic (exact) mass is 380 g/mol. The number of nitrogens with one attached hydrogen (secondary N) is 1. The molecule has 0 spiro atoms. The van der Waals surface area contributed by atoms with Crippen molar-refractivity contribution in [3.05, 3.63) is 71.3 Å². The highest BCUT2D eigenvalue weighted by atomic mass is 16.5. The molecule has 144 valence electrons. The minimum atomic E-state index is -0.914. The quantitative estimate of drug-likeness (QED) is 0.613. The van der Waals surface area contributed by atoms with Crippen LogP contribution in [0.1, 0.15) is 44.9 Å². The third-order valence-electron chi connectivity index (χ3n) is 4.46. The van der Waals surface area contributed by atoms with Crippen LogP contribution in [0.25, 0.3) is 0 Å². The van der Waals surface area contributed by atoms with Crippen LogP contribution >= 0.6 is 0 Å². The maximum Gasteiger partial charge on any atom is 0.330 e. The van der Waals surface area contributed by atoms with Gasteiger partial charge in [-0.05, 0) is 30.2 Å². The Kier molecular flexibility index (Phi) is 5.54. The van der Waals surface area contributed by atoms with E-state index in [4.69, 9.17) is 4.74 Å². The largest absolute Gasteiger partial charge is 0.442 e. The summed E-state index contributed by atoms with van der Waals surface area (Å²) in [4.78, 5) is 50.4. The van der Waals surface area contributed by atoms with Gasteiger partial charge in [-0.3, -0.25) is 14.4 Å². The van der Waals surface area contributed by atoms with E-state index in [1.54, 1.807) is 68.4 Å². The molecule has 0 aromatic heterocycles. The molecule has 1 unspecified atom stereocenters. The highest BCUT2D eigenvalue weighted by Gasteiger charge is 2.36. The second-order valence-electron chi connectivity index (χ2n) is 6.74. The number of ether oxygens (including phenoxy) is 1. The summed E-state index contributed by atoms with van der Waals surface area (Å²) in [6.07, 6.45) is 0. The minimum Gasteiger partial charge on any atom is -0.442 e. The zero-order valence-electron chi connectivity index (χ0n) is 15.5. The lowest BCUT2D eigenvalue weighted by Crippen LogP contribution is -2.46. The van der Waals surface area contributed by atoms with Crippen molar-refractivity contribution in [1.82, 2.24) is 10.2 Å². The number of carbonyl (C=O) groups excluding carboxylic acids is 4. The van der Waals surface area contributed by atoms with E-state index < -0.39 is 36.5 Å². The van der Waals surface area contributed by atoms with Gasteiger partial charge in [0.1, 0.15) is 6.04 Å². The van der Waals surface area contributed by atoms with Crippen molar-refractivity contribution in [3.8, 4) is 0 Å². The standard InChI is InChI=1S/C21H20N2O5/c1-13(2)17(22-18(24)14-8-4-3-5-9-14)21(27)28-12-23-19(25)15-10-6-7-11-16(15)20(23)26/h3-11,13,17H,12H2,1-2H3,(H,22,24). The Labute approximate surface area is 162 Å². The Morgan fingerprint density at radius 3 is 2.00 bits per heavy atom. The summed E-state index contributed by atoms with van der Waals surface area (Å²) in [6.45, 7) is 3.02. The molecule has 28 heavy (non-hydrogen) atoms. The van der Waals surface area contributed by atoms with E-state index in [1.165, 1.54) is 0 Å². The van der Waals surface area contributed by atoms with Crippen molar-refractivity contribution in [2.75, 3.05) is 6.73 Å². The average molecular weight is 380 g/mol. The first kappa shape index (κ1) is 19.3. The van der Waals surface area contributed by atoms with E-state index in [0.29, 0.717) is 5.56 Å². The number of hydrogen-bond donors (Lipinski definition) is 1. The highest BCUT2D eigenvalue weighted by molar-refractivity contribution is 6.21. The summed E-state index contributed by atoms with van der Waals surface area (Å²) < 4.78 is 5.19. The lowest BCUT2D eigenvalue weighted by Gasteiger charge is -2.22. The zero-order valence-corrected chi connectivity index (χ0v) is 15.5. The minimum absolute atomic E-state index is 0.248. The van der Waals surface area contributed by atoms with Crippen molar-refractivity contribution in [3.63, 3.8) is 0 Å². The number of nitrogens with zero attached hydrogens (tertiary/aromatic N) is 1. The van der Waals surface area contributed by atoms with Gasteiger partial charge >= 0.3 is 5.97 Å². The third kappa shape index (κ3) is 3.78. The fraction of sp³-hybridized carbons (Fsp3) is 0.238. The number of benzene rings is 2. The van der Waals surface area contributed by atoms with Gasteiger partial charge in [-0.1, -0.05) is 44.2 Å². The molecule has 3 rings (SSSR count). The molecule has 1 aliphatic rings. The number of amides is 3. The summed E-state index contributed by atoms with van der Waals surface area (Å²) in [5.41, 5.74) is 0.976. The van der Waals surface area contributed by atoms with Gasteiger partial charge in [0.15, 0.2) is 6.73 Å². The summed E-state index contributed by atoms with van der Waals surface area (Å²) in [5, 5.41) is 2.65.